The summed E-state index contributed by atoms with van der Waals surface area (Å²) in [5, 5.41) is 2.09. The number of carbonyl (C=O) groups excluding carboxylic acids is 1. The molecule has 2 aromatic heterocycles. The second-order valence-corrected chi connectivity index (χ2v) is 9.31. The average Bonchev–Trinajstić information content (AvgIpc) is 2.78. The van der Waals surface area contributed by atoms with E-state index in [4.69, 9.17) is 0 Å². The van der Waals surface area contributed by atoms with E-state index in [1.807, 2.05) is 27.7 Å². The number of carbonyl (C=O) groups is 1. The van der Waals surface area contributed by atoms with Gasteiger partial charge in [-0.1, -0.05) is 34.1 Å². The molecule has 2 atom stereocenters. The van der Waals surface area contributed by atoms with Crippen molar-refractivity contribution < 1.29 is 35.9 Å². The minimum Gasteiger partial charge on any atom is -0.431 e. The van der Waals surface area contributed by atoms with Crippen LogP contribution in [0.2, 0.25) is 0 Å². The van der Waals surface area contributed by atoms with Gasteiger partial charge in [-0.25, -0.2) is 14.8 Å². The van der Waals surface area contributed by atoms with Gasteiger partial charge in [-0.2, -0.15) is 26.3 Å². The van der Waals surface area contributed by atoms with Crippen LogP contribution in [-0.4, -0.2) is 35.3 Å². The van der Waals surface area contributed by atoms with Crippen molar-refractivity contribution in [1.82, 2.24) is 9.97 Å². The highest BCUT2D eigenvalue weighted by Gasteiger charge is 2.49. The zero-order valence-corrected chi connectivity index (χ0v) is 20.3. The number of rotatable bonds is 8. The van der Waals surface area contributed by atoms with E-state index in [1.54, 1.807) is 4.90 Å². The lowest BCUT2D eigenvalue weighted by molar-refractivity contribution is -0.206. The van der Waals surface area contributed by atoms with Gasteiger partial charge in [-0.15, -0.1) is 0 Å². The number of ether oxygens (including phenoxy) is 1. The van der Waals surface area contributed by atoms with Crippen LogP contribution in [0.3, 0.4) is 0 Å². The van der Waals surface area contributed by atoms with E-state index in [2.05, 4.69) is 20.0 Å². The van der Waals surface area contributed by atoms with Crippen LogP contribution in [0.1, 0.15) is 57.8 Å². The van der Waals surface area contributed by atoms with Crippen LogP contribution in [0.4, 0.5) is 42.8 Å². The number of cyclic esters (lactones) is 1. The van der Waals surface area contributed by atoms with Crippen molar-refractivity contribution in [3.63, 3.8) is 0 Å². The van der Waals surface area contributed by atoms with E-state index < -0.39 is 41.5 Å². The molecule has 36 heavy (non-hydrogen) atoms. The second-order valence-electron chi connectivity index (χ2n) is 9.31. The number of aromatic nitrogens is 2. The van der Waals surface area contributed by atoms with Gasteiger partial charge in [-0.05, 0) is 36.5 Å². The molecule has 12 heteroatoms. The van der Waals surface area contributed by atoms with Crippen LogP contribution >= 0.6 is 0 Å². The number of nitrogens with zero attached hydrogens (tertiary/aromatic N) is 3. The Kier molecular flexibility index (Phi) is 8.04. The molecule has 0 fully saturated rings. The van der Waals surface area contributed by atoms with Gasteiger partial charge in [0.1, 0.15) is 11.6 Å². The van der Waals surface area contributed by atoms with Gasteiger partial charge < -0.3 is 9.64 Å². The van der Waals surface area contributed by atoms with E-state index in [1.165, 1.54) is 0 Å². The summed E-state index contributed by atoms with van der Waals surface area (Å²) in [7, 11) is 0. The number of hydrogen-bond acceptors (Lipinski definition) is 5. The number of nitrogens with one attached hydrogen (secondary N) is 1. The molecule has 0 aliphatic carbocycles. The van der Waals surface area contributed by atoms with Crippen LogP contribution < -0.4 is 10.2 Å². The van der Waals surface area contributed by atoms with Gasteiger partial charge in [0.25, 0.3) is 0 Å². The van der Waals surface area contributed by atoms with Crippen molar-refractivity contribution in [2.24, 2.45) is 11.8 Å². The molecule has 1 aliphatic rings. The highest BCUT2D eigenvalue weighted by atomic mass is 19.4. The molecule has 0 saturated heterocycles. The number of hydrogen-bond donors (Lipinski definition) is 1. The summed E-state index contributed by atoms with van der Waals surface area (Å²) in [5.41, 5.74) is -2.23. The Morgan fingerprint density at radius 1 is 1.14 bits per heavy atom. The Balaban J connectivity index is 2.22. The molecular weight excluding hydrogens is 490 g/mol. The first-order valence-corrected chi connectivity index (χ1v) is 11.6. The average molecular weight is 519 g/mol. The van der Waals surface area contributed by atoms with E-state index >= 15 is 0 Å². The monoisotopic (exact) mass is 518 g/mol. The number of fused-ring (bicyclic) bond motifs is 1. The number of amides is 1. The number of pyridine rings is 2. The van der Waals surface area contributed by atoms with Gasteiger partial charge in [-0.3, -0.25) is 5.32 Å². The Labute approximate surface area is 205 Å². The summed E-state index contributed by atoms with van der Waals surface area (Å²) in [5.74, 6) is -0.0159. The van der Waals surface area contributed by atoms with E-state index in [9.17, 15) is 31.1 Å². The Morgan fingerprint density at radius 2 is 1.83 bits per heavy atom. The van der Waals surface area contributed by atoms with Gasteiger partial charge in [0.05, 0.1) is 16.8 Å². The van der Waals surface area contributed by atoms with Gasteiger partial charge in [0.2, 0.25) is 6.10 Å². The fourth-order valence-corrected chi connectivity index (χ4v) is 3.78. The normalized spacial score (nSPS) is 16.9. The summed E-state index contributed by atoms with van der Waals surface area (Å²) in [6.07, 6.45) is -11.3. The van der Waals surface area contributed by atoms with Crippen LogP contribution in [0.15, 0.2) is 24.4 Å². The quantitative estimate of drug-likeness (QED) is 0.374. The molecule has 0 saturated carbocycles. The Bertz CT molecular complexity index is 1090. The SMILES string of the molecule is CCC(C)CN(CCC(C)C)c1cc(C(F)(F)F)cc(-c2ccnc3c2C(C(F)(F)F)OC(=O)N3)n1. The van der Waals surface area contributed by atoms with Crippen molar-refractivity contribution in [2.45, 2.75) is 59.0 Å². The molecule has 1 aliphatic heterocycles. The predicted molar refractivity (Wildman–Crippen MR) is 122 cm³/mol. The van der Waals surface area contributed by atoms with E-state index in [0.717, 1.165) is 24.8 Å². The minimum absolute atomic E-state index is 0.00987. The summed E-state index contributed by atoms with van der Waals surface area (Å²) < 4.78 is 87.5. The zero-order chi connectivity index (χ0) is 26.8. The fraction of sp³-hybridized carbons (Fsp3) is 0.542. The third kappa shape index (κ3) is 6.38. The summed E-state index contributed by atoms with van der Waals surface area (Å²) >= 11 is 0. The summed E-state index contributed by atoms with van der Waals surface area (Å²) in [6, 6.07) is 2.75. The molecule has 3 rings (SSSR count). The third-order valence-electron chi connectivity index (χ3n) is 5.94. The van der Waals surface area contributed by atoms with Crippen molar-refractivity contribution in [3.8, 4) is 11.3 Å². The van der Waals surface area contributed by atoms with Crippen molar-refractivity contribution in [3.05, 3.63) is 35.5 Å². The zero-order valence-electron chi connectivity index (χ0n) is 20.3. The summed E-state index contributed by atoms with van der Waals surface area (Å²) in [6.45, 7) is 8.75. The summed E-state index contributed by atoms with van der Waals surface area (Å²) in [4.78, 5) is 21.6. The standard InChI is InChI=1S/C24H28F6N4O2/c1-5-14(4)12-34(9-7-13(2)3)18-11-15(23(25,26)27)10-17(32-18)16-6-8-31-21-19(16)20(24(28,29)30)36-22(35)33-21/h6,8,10-11,13-14,20H,5,7,9,12H2,1-4H3,(H,31,33,35). The molecule has 1 N–H and O–H groups in total. The Morgan fingerprint density at radius 3 is 2.42 bits per heavy atom. The lowest BCUT2D eigenvalue weighted by Crippen LogP contribution is -2.34. The first kappa shape index (κ1) is 27.5. The van der Waals surface area contributed by atoms with Crippen molar-refractivity contribution in [1.29, 1.82) is 0 Å². The molecule has 0 spiro atoms. The molecule has 0 aromatic carbocycles. The smallest absolute Gasteiger partial charge is 0.430 e. The highest BCUT2D eigenvalue weighted by molar-refractivity contribution is 5.89. The molecule has 2 aromatic rings. The predicted octanol–water partition coefficient (Wildman–Crippen LogP) is 7.23. The van der Waals surface area contributed by atoms with Crippen LogP contribution in [0.25, 0.3) is 11.3 Å². The molecule has 198 valence electrons. The maximum Gasteiger partial charge on any atom is 0.430 e. The van der Waals surface area contributed by atoms with Crippen LogP contribution in [-0.2, 0) is 10.9 Å². The number of alkyl halides is 6. The molecular formula is C24H28F6N4O2. The van der Waals surface area contributed by atoms with Gasteiger partial charge >= 0.3 is 18.4 Å². The lowest BCUT2D eigenvalue weighted by atomic mass is 9.98. The third-order valence-corrected chi connectivity index (χ3v) is 5.94. The number of anilines is 2. The van der Waals surface area contributed by atoms with Crippen molar-refractivity contribution in [2.75, 3.05) is 23.3 Å². The minimum atomic E-state index is -5.02. The van der Waals surface area contributed by atoms with E-state index in [0.29, 0.717) is 25.6 Å². The largest absolute Gasteiger partial charge is 0.431 e. The molecule has 3 heterocycles. The number of halogens is 6. The maximum absolute atomic E-state index is 13.9. The van der Waals surface area contributed by atoms with Crippen LogP contribution in [0.5, 0.6) is 0 Å². The second kappa shape index (κ2) is 10.5. The maximum atomic E-state index is 13.9. The first-order valence-electron chi connectivity index (χ1n) is 11.6. The van der Waals surface area contributed by atoms with E-state index in [-0.39, 0.29) is 28.9 Å². The Hall–Kier alpha value is -3.05. The topological polar surface area (TPSA) is 67.4 Å². The van der Waals surface area contributed by atoms with Crippen LogP contribution in [0, 0.1) is 11.8 Å². The first-order chi connectivity index (χ1) is 16.7. The fourth-order valence-electron chi connectivity index (χ4n) is 3.78. The van der Waals surface area contributed by atoms with Crippen molar-refractivity contribution >= 4 is 17.7 Å². The highest BCUT2D eigenvalue weighted by Crippen LogP contribution is 2.46. The molecule has 0 bridgehead atoms. The lowest BCUT2D eigenvalue weighted by Gasteiger charge is -2.30. The molecule has 0 radical (unpaired) electrons. The van der Waals surface area contributed by atoms with Gasteiger partial charge in [0, 0.05) is 24.8 Å². The van der Waals surface area contributed by atoms with Gasteiger partial charge in [0.15, 0.2) is 0 Å². The molecule has 1 amide bonds. The molecule has 2 unspecified atom stereocenters. The molecule has 6 nitrogen and oxygen atoms in total.